The van der Waals surface area contributed by atoms with Crippen molar-refractivity contribution in [1.82, 2.24) is 14.8 Å². The van der Waals surface area contributed by atoms with Crippen molar-refractivity contribution in [2.24, 2.45) is 0 Å². The third-order valence-corrected chi connectivity index (χ3v) is 6.54. The molecule has 0 aliphatic rings. The van der Waals surface area contributed by atoms with Crippen molar-refractivity contribution in [3.05, 3.63) is 59.5 Å². The van der Waals surface area contributed by atoms with Gasteiger partial charge in [0.2, 0.25) is 0 Å². The number of rotatable bonds is 10. The second-order valence-electron chi connectivity index (χ2n) is 8.34. The van der Waals surface area contributed by atoms with E-state index in [0.717, 1.165) is 24.4 Å². The summed E-state index contributed by atoms with van der Waals surface area (Å²) in [7, 11) is -0.720. The number of alkyl halides is 3. The van der Waals surface area contributed by atoms with Gasteiger partial charge in [-0.3, -0.25) is 9.40 Å². The van der Waals surface area contributed by atoms with Crippen molar-refractivity contribution in [2.45, 2.75) is 44.4 Å². The molecule has 0 radical (unpaired) electrons. The Labute approximate surface area is 228 Å². The Hall–Kier alpha value is -4.34. The van der Waals surface area contributed by atoms with E-state index in [4.69, 9.17) is 14.6 Å². The number of benzene rings is 1. The van der Waals surface area contributed by atoms with Crippen LogP contribution in [-0.4, -0.2) is 65.7 Å². The molecule has 2 heterocycles. The van der Waals surface area contributed by atoms with Gasteiger partial charge in [-0.1, -0.05) is 6.92 Å². The highest BCUT2D eigenvalue weighted by Gasteiger charge is 2.38. The number of halogens is 3. The number of nitrogens with zero attached hydrogens (tertiary/aromatic N) is 4. The highest BCUT2D eigenvalue weighted by atomic mass is 32.2. The van der Waals surface area contributed by atoms with Crippen LogP contribution in [0.25, 0.3) is 0 Å². The van der Waals surface area contributed by atoms with Gasteiger partial charge in [0, 0.05) is 13.6 Å². The normalized spacial score (nSPS) is 11.3. The van der Waals surface area contributed by atoms with Crippen LogP contribution in [0, 0.1) is 6.92 Å². The zero-order valence-electron chi connectivity index (χ0n) is 21.9. The molecule has 0 bridgehead atoms. The second kappa shape index (κ2) is 13.1. The standard InChI is InChI=1S/C22H27N5O5S.C2HF3O2/c1-5-10-27-17(11-15(2)24-27)14-26(3)21-20(22(28)29)12-16(13-23-21)25-33(30,31)19-8-6-18(32-4)7-9-19;3-2(4,5)1(6)7/h6-9,11-13,25H,5,10,14H2,1-4H3,(H,28,29);(H,6,7). The summed E-state index contributed by atoms with van der Waals surface area (Å²) in [5.41, 5.74) is 1.73. The predicted molar refractivity (Wildman–Crippen MR) is 138 cm³/mol. The van der Waals surface area contributed by atoms with Gasteiger partial charge in [0.25, 0.3) is 10.0 Å². The molecule has 2 aromatic heterocycles. The van der Waals surface area contributed by atoms with Gasteiger partial charge in [0.15, 0.2) is 0 Å². The molecule has 16 heteroatoms. The van der Waals surface area contributed by atoms with E-state index in [1.165, 1.54) is 43.6 Å². The number of aryl methyl sites for hydroxylation is 2. The minimum Gasteiger partial charge on any atom is -0.497 e. The molecule has 0 aliphatic carbocycles. The van der Waals surface area contributed by atoms with Crippen molar-refractivity contribution in [3.63, 3.8) is 0 Å². The van der Waals surface area contributed by atoms with Gasteiger partial charge < -0.3 is 19.8 Å². The highest BCUT2D eigenvalue weighted by Crippen LogP contribution is 2.25. The first kappa shape index (κ1) is 31.9. The van der Waals surface area contributed by atoms with Crippen LogP contribution in [0.15, 0.2) is 47.5 Å². The average Bonchev–Trinajstić information content (AvgIpc) is 3.21. The molecule has 40 heavy (non-hydrogen) atoms. The van der Waals surface area contributed by atoms with Crippen LogP contribution < -0.4 is 14.4 Å². The SMILES string of the molecule is CCCn1nc(C)cc1CN(C)c1ncc(NS(=O)(=O)c2ccc(OC)cc2)cc1C(=O)O.O=C(O)C(F)(F)F. The molecule has 0 amide bonds. The van der Waals surface area contributed by atoms with Crippen LogP contribution in [0.3, 0.4) is 0 Å². The minimum atomic E-state index is -5.08. The fraction of sp³-hybridized carbons (Fsp3) is 0.333. The summed E-state index contributed by atoms with van der Waals surface area (Å²) in [6.07, 6.45) is -2.87. The quantitative estimate of drug-likeness (QED) is 0.318. The lowest BCUT2D eigenvalue weighted by Gasteiger charge is -2.21. The first-order chi connectivity index (χ1) is 18.6. The minimum absolute atomic E-state index is 0.0147. The monoisotopic (exact) mass is 587 g/mol. The van der Waals surface area contributed by atoms with E-state index in [1.54, 1.807) is 11.9 Å². The van der Waals surface area contributed by atoms with E-state index < -0.39 is 28.1 Å². The molecule has 3 rings (SSSR count). The lowest BCUT2D eigenvalue weighted by Crippen LogP contribution is -2.23. The van der Waals surface area contributed by atoms with Crippen molar-refractivity contribution in [1.29, 1.82) is 0 Å². The van der Waals surface area contributed by atoms with E-state index in [0.29, 0.717) is 12.3 Å². The van der Waals surface area contributed by atoms with Gasteiger partial charge in [0.05, 0.1) is 41.8 Å². The Morgan fingerprint density at radius 3 is 2.25 bits per heavy atom. The molecular formula is C24H28F3N5O7S. The fourth-order valence-electron chi connectivity index (χ4n) is 3.39. The van der Waals surface area contributed by atoms with Crippen LogP contribution in [0.4, 0.5) is 24.7 Å². The number of sulfonamides is 1. The Bertz CT molecular complexity index is 1440. The van der Waals surface area contributed by atoms with Gasteiger partial charge in [-0.2, -0.15) is 18.3 Å². The van der Waals surface area contributed by atoms with Crippen LogP contribution in [-0.2, 0) is 27.9 Å². The van der Waals surface area contributed by atoms with Gasteiger partial charge in [-0.25, -0.2) is 23.0 Å². The summed E-state index contributed by atoms with van der Waals surface area (Å²) >= 11 is 0. The molecule has 0 saturated carbocycles. The van der Waals surface area contributed by atoms with Gasteiger partial charge in [0.1, 0.15) is 17.1 Å². The number of carbonyl (C=O) groups is 2. The molecule has 218 valence electrons. The van der Waals surface area contributed by atoms with E-state index in [2.05, 4.69) is 21.7 Å². The summed E-state index contributed by atoms with van der Waals surface area (Å²) < 4.78 is 66.4. The van der Waals surface area contributed by atoms with E-state index in [1.807, 2.05) is 17.7 Å². The summed E-state index contributed by atoms with van der Waals surface area (Å²) in [5, 5.41) is 21.3. The molecule has 0 unspecified atom stereocenters. The van der Waals surface area contributed by atoms with E-state index in [-0.39, 0.29) is 22.0 Å². The summed E-state index contributed by atoms with van der Waals surface area (Å²) in [4.78, 5) is 26.8. The summed E-state index contributed by atoms with van der Waals surface area (Å²) in [6.45, 7) is 5.11. The summed E-state index contributed by atoms with van der Waals surface area (Å²) in [6, 6.07) is 9.06. The molecule has 12 nitrogen and oxygen atoms in total. The number of ether oxygens (including phenoxy) is 1. The van der Waals surface area contributed by atoms with Crippen molar-refractivity contribution < 1.29 is 46.1 Å². The van der Waals surface area contributed by atoms with Crippen LogP contribution in [0.2, 0.25) is 0 Å². The van der Waals surface area contributed by atoms with Gasteiger partial charge in [-0.15, -0.1) is 0 Å². The average molecular weight is 588 g/mol. The van der Waals surface area contributed by atoms with Crippen molar-refractivity contribution >= 4 is 33.5 Å². The Morgan fingerprint density at radius 1 is 1.15 bits per heavy atom. The number of hydrogen-bond acceptors (Lipinski definition) is 8. The van der Waals surface area contributed by atoms with E-state index in [9.17, 15) is 31.5 Å². The van der Waals surface area contributed by atoms with Crippen LogP contribution in [0.5, 0.6) is 5.75 Å². The third kappa shape index (κ3) is 8.59. The van der Waals surface area contributed by atoms with Crippen LogP contribution >= 0.6 is 0 Å². The Balaban J connectivity index is 0.000000708. The Kier molecular flexibility index (Phi) is 10.5. The van der Waals surface area contributed by atoms with Crippen molar-refractivity contribution in [3.8, 4) is 5.75 Å². The molecule has 3 aromatic rings. The second-order valence-corrected chi connectivity index (χ2v) is 10.0. The number of carboxylic acids is 2. The number of anilines is 2. The first-order valence-electron chi connectivity index (χ1n) is 11.5. The smallest absolute Gasteiger partial charge is 0.490 e. The maximum absolute atomic E-state index is 12.7. The molecule has 0 atom stereocenters. The molecule has 3 N–H and O–H groups in total. The fourth-order valence-corrected chi connectivity index (χ4v) is 4.43. The number of methoxy groups -OCH3 is 1. The maximum Gasteiger partial charge on any atom is 0.490 e. The summed E-state index contributed by atoms with van der Waals surface area (Å²) in [5.74, 6) is -3.23. The lowest BCUT2D eigenvalue weighted by molar-refractivity contribution is -0.192. The molecule has 1 aromatic carbocycles. The topological polar surface area (TPSA) is 164 Å². The number of aliphatic carboxylic acids is 1. The molecule has 0 aliphatic heterocycles. The number of aromatic nitrogens is 3. The van der Waals surface area contributed by atoms with Gasteiger partial charge in [-0.05, 0) is 49.7 Å². The maximum atomic E-state index is 12.7. The number of carboxylic acid groups (broad SMARTS) is 2. The van der Waals surface area contributed by atoms with Crippen LogP contribution in [0.1, 0.15) is 35.1 Å². The number of hydrogen-bond donors (Lipinski definition) is 3. The Morgan fingerprint density at radius 2 is 1.75 bits per heavy atom. The molecule has 0 saturated heterocycles. The lowest BCUT2D eigenvalue weighted by atomic mass is 10.2. The zero-order valence-corrected chi connectivity index (χ0v) is 22.7. The highest BCUT2D eigenvalue weighted by molar-refractivity contribution is 7.92. The van der Waals surface area contributed by atoms with E-state index >= 15 is 0 Å². The van der Waals surface area contributed by atoms with Gasteiger partial charge >= 0.3 is 18.1 Å². The molecular weight excluding hydrogens is 559 g/mol. The largest absolute Gasteiger partial charge is 0.497 e. The number of aromatic carboxylic acids is 1. The van der Waals surface area contributed by atoms with Crippen molar-refractivity contribution in [2.75, 3.05) is 23.8 Å². The first-order valence-corrected chi connectivity index (χ1v) is 13.0. The molecule has 0 fully saturated rings. The number of pyridine rings is 1. The predicted octanol–water partition coefficient (Wildman–Crippen LogP) is 3.77. The number of nitrogens with one attached hydrogen (secondary N) is 1. The zero-order chi connectivity index (χ0) is 30.3. The molecule has 0 spiro atoms. The third-order valence-electron chi connectivity index (χ3n) is 5.14.